The van der Waals surface area contributed by atoms with Gasteiger partial charge in [0.05, 0.1) is 4.88 Å². The topological polar surface area (TPSA) is 54.9 Å². The summed E-state index contributed by atoms with van der Waals surface area (Å²) in [6.45, 7) is 0. The average Bonchev–Trinajstić information content (AvgIpc) is 2.92. The minimum absolute atomic E-state index is 0.170. The molecule has 6 heteroatoms. The van der Waals surface area contributed by atoms with Crippen molar-refractivity contribution in [2.24, 2.45) is 0 Å². The highest BCUT2D eigenvalue weighted by atomic mass is 35.5. The number of aryl methyl sites for hydroxylation is 2. The van der Waals surface area contributed by atoms with E-state index >= 15 is 0 Å². The molecule has 0 saturated carbocycles. The molecule has 0 saturated heterocycles. The molecule has 1 amide bonds. The normalized spacial score (nSPS) is 13.4. The molecule has 4 nitrogen and oxygen atoms in total. The van der Waals surface area contributed by atoms with Gasteiger partial charge in [0.25, 0.3) is 5.91 Å². The van der Waals surface area contributed by atoms with E-state index in [1.165, 1.54) is 29.3 Å². The zero-order valence-corrected chi connectivity index (χ0v) is 11.0. The summed E-state index contributed by atoms with van der Waals surface area (Å²) in [5.74, 6) is 0.134. The van der Waals surface area contributed by atoms with Crippen molar-refractivity contribution >= 4 is 34.7 Å². The third kappa shape index (κ3) is 2.11. The molecule has 0 radical (unpaired) electrons. The first-order chi connectivity index (χ1) is 8.74. The zero-order valence-electron chi connectivity index (χ0n) is 9.44. The molecule has 18 heavy (non-hydrogen) atoms. The minimum Gasteiger partial charge on any atom is -0.303 e. The summed E-state index contributed by atoms with van der Waals surface area (Å²) >= 11 is 7.40. The second-order valence-electron chi connectivity index (χ2n) is 4.06. The Morgan fingerprint density at radius 3 is 2.94 bits per heavy atom. The largest absolute Gasteiger partial charge is 0.303 e. The number of anilines is 1. The molecule has 0 spiro atoms. The molecule has 0 atom stereocenters. The number of nitrogens with zero attached hydrogens (tertiary/aromatic N) is 2. The first-order valence-electron chi connectivity index (χ1n) is 5.63. The molecule has 0 bridgehead atoms. The van der Waals surface area contributed by atoms with Crippen LogP contribution in [0.4, 0.5) is 5.82 Å². The smallest absolute Gasteiger partial charge is 0.266 e. The summed E-state index contributed by atoms with van der Waals surface area (Å²) in [5, 5.41) is 2.88. The quantitative estimate of drug-likeness (QED) is 0.919. The van der Waals surface area contributed by atoms with Crippen molar-refractivity contribution in [2.75, 3.05) is 5.32 Å². The van der Waals surface area contributed by atoms with Crippen molar-refractivity contribution in [3.8, 4) is 0 Å². The number of aromatic nitrogens is 2. The van der Waals surface area contributed by atoms with Crippen LogP contribution in [0.25, 0.3) is 0 Å². The van der Waals surface area contributed by atoms with E-state index in [0.29, 0.717) is 10.7 Å². The van der Waals surface area contributed by atoms with Crippen molar-refractivity contribution < 1.29 is 4.79 Å². The number of fused-ring (bicyclic) bond motifs is 1. The average molecular weight is 280 g/mol. The Labute approximate surface area is 113 Å². The van der Waals surface area contributed by atoms with Crippen LogP contribution in [0.1, 0.15) is 26.5 Å². The fourth-order valence-electron chi connectivity index (χ4n) is 2.01. The number of amides is 1. The van der Waals surface area contributed by atoms with Gasteiger partial charge in [-0.05, 0) is 30.9 Å². The van der Waals surface area contributed by atoms with E-state index in [1.807, 2.05) is 6.07 Å². The van der Waals surface area contributed by atoms with E-state index in [0.717, 1.165) is 12.8 Å². The maximum atomic E-state index is 12.0. The van der Waals surface area contributed by atoms with Crippen LogP contribution in [-0.4, -0.2) is 15.9 Å². The van der Waals surface area contributed by atoms with Gasteiger partial charge in [0.2, 0.25) is 0 Å². The summed E-state index contributed by atoms with van der Waals surface area (Å²) in [7, 11) is 0. The Hall–Kier alpha value is -1.46. The van der Waals surface area contributed by atoms with Crippen LogP contribution in [0.5, 0.6) is 0 Å². The molecule has 1 N–H and O–H groups in total. The van der Waals surface area contributed by atoms with Crippen molar-refractivity contribution in [2.45, 2.75) is 19.3 Å². The molecule has 0 fully saturated rings. The molecule has 0 unspecified atom stereocenters. The summed E-state index contributed by atoms with van der Waals surface area (Å²) in [6.07, 6.45) is 6.33. The lowest BCUT2D eigenvalue weighted by molar-refractivity contribution is 0.103. The molecule has 2 aromatic rings. The molecule has 3 rings (SSSR count). The highest BCUT2D eigenvalue weighted by molar-refractivity contribution is 7.14. The number of carbonyl (C=O) groups is 1. The third-order valence-electron chi connectivity index (χ3n) is 2.86. The molecule has 92 valence electrons. The van der Waals surface area contributed by atoms with Crippen LogP contribution in [-0.2, 0) is 12.8 Å². The van der Waals surface area contributed by atoms with Gasteiger partial charge in [0.1, 0.15) is 0 Å². The highest BCUT2D eigenvalue weighted by Gasteiger charge is 2.19. The van der Waals surface area contributed by atoms with Crippen LogP contribution < -0.4 is 5.32 Å². The highest BCUT2D eigenvalue weighted by Crippen LogP contribution is 2.31. The fraction of sp³-hybridized carbons (Fsp3) is 0.250. The fourth-order valence-corrected chi connectivity index (χ4v) is 3.32. The van der Waals surface area contributed by atoms with Gasteiger partial charge in [0.15, 0.2) is 11.0 Å². The van der Waals surface area contributed by atoms with Gasteiger partial charge in [0, 0.05) is 17.3 Å². The second-order valence-corrected chi connectivity index (χ2v) is 5.56. The van der Waals surface area contributed by atoms with Crippen LogP contribution in [0.15, 0.2) is 18.5 Å². The molecule has 0 aromatic carbocycles. The lowest BCUT2D eigenvalue weighted by atomic mass is 10.2. The molecular weight excluding hydrogens is 270 g/mol. The Kier molecular flexibility index (Phi) is 3.01. The predicted octanol–water partition coefficient (Wildman–Crippen LogP) is 2.93. The zero-order chi connectivity index (χ0) is 12.5. The Morgan fingerprint density at radius 2 is 2.17 bits per heavy atom. The number of hydrogen-bond acceptors (Lipinski definition) is 4. The predicted molar refractivity (Wildman–Crippen MR) is 71.3 cm³/mol. The van der Waals surface area contributed by atoms with E-state index in [1.54, 1.807) is 11.3 Å². The number of rotatable bonds is 2. The SMILES string of the molecule is O=C(Nc1nccnc1Cl)c1cc2c(s1)CCC2. The van der Waals surface area contributed by atoms with E-state index < -0.39 is 0 Å². The van der Waals surface area contributed by atoms with E-state index in [-0.39, 0.29) is 11.1 Å². The summed E-state index contributed by atoms with van der Waals surface area (Å²) in [4.78, 5) is 21.9. The number of nitrogens with one attached hydrogen (secondary N) is 1. The van der Waals surface area contributed by atoms with Gasteiger partial charge < -0.3 is 5.32 Å². The maximum Gasteiger partial charge on any atom is 0.266 e. The van der Waals surface area contributed by atoms with Crippen LogP contribution in [0, 0.1) is 0 Å². The van der Waals surface area contributed by atoms with Gasteiger partial charge in [-0.3, -0.25) is 4.79 Å². The number of halogens is 1. The Morgan fingerprint density at radius 1 is 1.33 bits per heavy atom. The third-order valence-corrected chi connectivity index (χ3v) is 4.37. The molecule has 2 aromatic heterocycles. The first kappa shape index (κ1) is 11.6. The van der Waals surface area contributed by atoms with E-state index in [4.69, 9.17) is 11.6 Å². The van der Waals surface area contributed by atoms with E-state index in [9.17, 15) is 4.79 Å². The van der Waals surface area contributed by atoms with Crippen LogP contribution >= 0.6 is 22.9 Å². The summed E-state index contributed by atoms with van der Waals surface area (Å²) in [5.41, 5.74) is 1.30. The Bertz CT molecular complexity index is 590. The standard InChI is InChI=1S/C12H10ClN3OS/c13-10-11(15-5-4-14-10)16-12(17)9-6-7-2-1-3-8(7)18-9/h4-6H,1-3H2,(H,15,16,17). The number of thiophene rings is 1. The lowest BCUT2D eigenvalue weighted by Crippen LogP contribution is -2.12. The number of carbonyl (C=O) groups excluding carboxylic acids is 1. The maximum absolute atomic E-state index is 12.0. The molecule has 2 heterocycles. The Balaban J connectivity index is 1.81. The van der Waals surface area contributed by atoms with Gasteiger partial charge in [-0.15, -0.1) is 11.3 Å². The van der Waals surface area contributed by atoms with Crippen molar-refractivity contribution in [1.82, 2.24) is 9.97 Å². The van der Waals surface area contributed by atoms with Gasteiger partial charge in [-0.2, -0.15) is 0 Å². The van der Waals surface area contributed by atoms with Crippen LogP contribution in [0.3, 0.4) is 0 Å². The van der Waals surface area contributed by atoms with Gasteiger partial charge in [-0.1, -0.05) is 11.6 Å². The van der Waals surface area contributed by atoms with Crippen molar-refractivity contribution in [3.63, 3.8) is 0 Å². The molecule has 1 aliphatic rings. The first-order valence-corrected chi connectivity index (χ1v) is 6.83. The van der Waals surface area contributed by atoms with Crippen molar-refractivity contribution in [3.05, 3.63) is 38.9 Å². The van der Waals surface area contributed by atoms with Crippen molar-refractivity contribution in [1.29, 1.82) is 0 Å². The molecule has 0 aliphatic heterocycles. The number of hydrogen-bond donors (Lipinski definition) is 1. The lowest BCUT2D eigenvalue weighted by Gasteiger charge is -2.03. The molecular formula is C12H10ClN3OS. The minimum atomic E-state index is -0.170. The van der Waals surface area contributed by atoms with Gasteiger partial charge >= 0.3 is 0 Å². The summed E-state index contributed by atoms with van der Waals surface area (Å²) < 4.78 is 0. The second kappa shape index (κ2) is 4.66. The monoisotopic (exact) mass is 279 g/mol. The van der Waals surface area contributed by atoms with E-state index in [2.05, 4.69) is 15.3 Å². The van der Waals surface area contributed by atoms with Gasteiger partial charge in [-0.25, -0.2) is 9.97 Å². The van der Waals surface area contributed by atoms with Crippen LogP contribution in [0.2, 0.25) is 5.15 Å². The summed E-state index contributed by atoms with van der Waals surface area (Å²) in [6, 6.07) is 1.96. The molecule has 1 aliphatic carbocycles.